The average Bonchev–Trinajstić information content (AvgIpc) is 2.80. The van der Waals surface area contributed by atoms with Gasteiger partial charge in [-0.05, 0) is 51.8 Å². The van der Waals surface area contributed by atoms with Crippen LogP contribution in [0.3, 0.4) is 0 Å². The van der Waals surface area contributed by atoms with E-state index in [1.54, 1.807) is 7.11 Å². The van der Waals surface area contributed by atoms with E-state index < -0.39 is 8.24 Å². The fourth-order valence-electron chi connectivity index (χ4n) is 4.29. The smallest absolute Gasteiger partial charge is 0.387 e. The highest BCUT2D eigenvalue weighted by Gasteiger charge is 2.27. The molecule has 3 rings (SSSR count). The largest absolute Gasteiger partial charge is 0.399 e. The van der Waals surface area contributed by atoms with E-state index in [2.05, 4.69) is 100 Å². The summed E-state index contributed by atoms with van der Waals surface area (Å²) >= 11 is 0. The van der Waals surface area contributed by atoms with Crippen molar-refractivity contribution in [3.8, 4) is 0 Å². The Balaban J connectivity index is 2.69. The molecule has 1 atom stereocenters. The average molecular weight is 471 g/mol. The van der Waals surface area contributed by atoms with Gasteiger partial charge in [0.25, 0.3) is 0 Å². The molecule has 0 N–H and O–H groups in total. The van der Waals surface area contributed by atoms with Gasteiger partial charge in [0, 0.05) is 21.9 Å². The molecule has 0 aliphatic rings. The zero-order valence-corrected chi connectivity index (χ0v) is 23.7. The van der Waals surface area contributed by atoms with E-state index in [0.29, 0.717) is 5.92 Å². The molecule has 33 heavy (non-hydrogen) atoms. The molecule has 2 aromatic carbocycles. The lowest BCUT2D eigenvalue weighted by molar-refractivity contribution is 0.450. The van der Waals surface area contributed by atoms with E-state index in [4.69, 9.17) is 12.9 Å². The number of benzene rings is 2. The lowest BCUT2D eigenvalue weighted by Crippen LogP contribution is -2.16. The molecule has 3 aromatic rings. The van der Waals surface area contributed by atoms with Gasteiger partial charge in [0.05, 0.1) is 7.11 Å². The Morgan fingerprint density at radius 3 is 1.64 bits per heavy atom. The SMILES string of the molecule is COp1oc2c(C(C)(C)C)cc(CC(C)C)cc2c2cc(C(C)(C)C)cc(C(C)(C)C)c2o1. The molecule has 0 spiro atoms. The van der Waals surface area contributed by atoms with Crippen molar-refractivity contribution in [2.75, 3.05) is 7.11 Å². The van der Waals surface area contributed by atoms with Crippen LogP contribution in [0.1, 0.15) is 98.4 Å². The first kappa shape index (κ1) is 25.9. The van der Waals surface area contributed by atoms with Gasteiger partial charge in [-0.2, -0.15) is 0 Å². The summed E-state index contributed by atoms with van der Waals surface area (Å²) in [6.07, 6.45) is 1.02. The summed E-state index contributed by atoms with van der Waals surface area (Å²) in [6.45, 7) is 24.8. The second-order valence-electron chi connectivity index (χ2n) is 12.9. The van der Waals surface area contributed by atoms with Crippen molar-refractivity contribution in [2.24, 2.45) is 5.92 Å². The van der Waals surface area contributed by atoms with Gasteiger partial charge in [0.2, 0.25) is 0 Å². The van der Waals surface area contributed by atoms with Crippen molar-refractivity contribution in [1.82, 2.24) is 0 Å². The predicted molar refractivity (Wildman–Crippen MR) is 143 cm³/mol. The second-order valence-corrected chi connectivity index (χ2v) is 14.0. The van der Waals surface area contributed by atoms with Gasteiger partial charge >= 0.3 is 8.24 Å². The summed E-state index contributed by atoms with van der Waals surface area (Å²) in [4.78, 5) is 0. The molecule has 0 saturated heterocycles. The fourth-order valence-corrected chi connectivity index (χ4v) is 5.17. The van der Waals surface area contributed by atoms with Crippen molar-refractivity contribution in [2.45, 2.75) is 98.8 Å². The van der Waals surface area contributed by atoms with Crippen molar-refractivity contribution in [3.05, 3.63) is 46.5 Å². The summed E-state index contributed by atoms with van der Waals surface area (Å²) in [5, 5.41) is 2.23. The first-order valence-electron chi connectivity index (χ1n) is 12.1. The van der Waals surface area contributed by atoms with Crippen LogP contribution in [-0.4, -0.2) is 7.11 Å². The standard InChI is InChI=1S/C29H43O3P/c1-18(2)13-19-14-21-22-16-20(27(3,4)5)17-24(29(9,10)11)26(22)32-33(30-12)31-25(21)23(15-19)28(6,7)8/h14-18H,13H2,1-12H3. The fraction of sp³-hybridized carbons (Fsp3) is 0.586. The maximum atomic E-state index is 6.52. The summed E-state index contributed by atoms with van der Waals surface area (Å²) < 4.78 is 18.8. The minimum atomic E-state index is -1.56. The first-order chi connectivity index (χ1) is 15.0. The van der Waals surface area contributed by atoms with Gasteiger partial charge in [-0.1, -0.05) is 88.3 Å². The number of hydrogen-bond acceptors (Lipinski definition) is 3. The summed E-state index contributed by atoms with van der Waals surface area (Å²) in [5.41, 5.74) is 6.67. The van der Waals surface area contributed by atoms with Crippen LogP contribution in [0.4, 0.5) is 0 Å². The number of rotatable bonds is 3. The highest BCUT2D eigenvalue weighted by atomic mass is 31.1. The van der Waals surface area contributed by atoms with Crippen LogP contribution in [0.25, 0.3) is 21.9 Å². The molecule has 0 aliphatic carbocycles. The van der Waals surface area contributed by atoms with Crippen LogP contribution in [0, 0.1) is 5.92 Å². The Labute approximate surface area is 201 Å². The zero-order chi connectivity index (χ0) is 24.9. The molecule has 0 aliphatic heterocycles. The molecule has 1 unspecified atom stereocenters. The molecule has 0 amide bonds. The zero-order valence-electron chi connectivity index (χ0n) is 22.8. The van der Waals surface area contributed by atoms with Crippen LogP contribution in [0.2, 0.25) is 0 Å². The van der Waals surface area contributed by atoms with Gasteiger partial charge in [0.1, 0.15) is 11.2 Å². The Hall–Kier alpha value is -1.70. The van der Waals surface area contributed by atoms with E-state index in [9.17, 15) is 0 Å². The van der Waals surface area contributed by atoms with E-state index in [0.717, 1.165) is 28.4 Å². The number of fused-ring (bicyclic) bond motifs is 3. The topological polar surface area (TPSA) is 35.5 Å². The van der Waals surface area contributed by atoms with Crippen LogP contribution in [-0.2, 0) is 22.7 Å². The van der Waals surface area contributed by atoms with Gasteiger partial charge in [-0.25, -0.2) is 0 Å². The minimum Gasteiger partial charge on any atom is -0.399 e. The molecule has 4 heteroatoms. The van der Waals surface area contributed by atoms with Crippen LogP contribution >= 0.6 is 8.24 Å². The van der Waals surface area contributed by atoms with Crippen LogP contribution in [0.15, 0.2) is 32.7 Å². The third-order valence-electron chi connectivity index (χ3n) is 6.13. The Morgan fingerprint density at radius 2 is 1.21 bits per heavy atom. The maximum absolute atomic E-state index is 6.52. The van der Waals surface area contributed by atoms with Crippen LogP contribution in [0.5, 0.6) is 0 Å². The van der Waals surface area contributed by atoms with Crippen molar-refractivity contribution < 1.29 is 12.9 Å². The summed E-state index contributed by atoms with van der Waals surface area (Å²) in [5.74, 6) is 0.570. The minimum absolute atomic E-state index is 0.0107. The third-order valence-corrected chi connectivity index (χ3v) is 7.10. The van der Waals surface area contributed by atoms with E-state index in [-0.39, 0.29) is 16.2 Å². The van der Waals surface area contributed by atoms with Crippen molar-refractivity contribution in [1.29, 1.82) is 0 Å². The quantitative estimate of drug-likeness (QED) is 0.382. The van der Waals surface area contributed by atoms with Gasteiger partial charge in [-0.15, -0.1) is 0 Å². The molecule has 0 fully saturated rings. The normalized spacial score (nSPS) is 13.9. The first-order valence-corrected chi connectivity index (χ1v) is 13.2. The summed E-state index contributed by atoms with van der Waals surface area (Å²) in [7, 11) is 0.107. The second kappa shape index (κ2) is 8.82. The molecular weight excluding hydrogens is 427 g/mol. The molecule has 1 heterocycles. The third kappa shape index (κ3) is 5.52. The van der Waals surface area contributed by atoms with E-state index >= 15 is 0 Å². The van der Waals surface area contributed by atoms with Gasteiger partial charge < -0.3 is 8.39 Å². The van der Waals surface area contributed by atoms with Gasteiger partial charge in [-0.3, -0.25) is 4.52 Å². The molecule has 3 nitrogen and oxygen atoms in total. The van der Waals surface area contributed by atoms with Gasteiger partial charge in [0.15, 0.2) is 0 Å². The Morgan fingerprint density at radius 1 is 0.727 bits per heavy atom. The molecule has 0 bridgehead atoms. The maximum Gasteiger partial charge on any atom is 0.387 e. The lowest BCUT2D eigenvalue weighted by Gasteiger charge is -2.26. The monoisotopic (exact) mass is 470 g/mol. The molecular formula is C29H43O3P. The highest BCUT2D eigenvalue weighted by molar-refractivity contribution is 7.31. The predicted octanol–water partition coefficient (Wildman–Crippen LogP) is 9.44. The molecule has 0 saturated carbocycles. The summed E-state index contributed by atoms with van der Waals surface area (Å²) in [6, 6.07) is 9.27. The van der Waals surface area contributed by atoms with Crippen LogP contribution < -0.4 is 4.52 Å². The van der Waals surface area contributed by atoms with Crippen molar-refractivity contribution >= 4 is 30.2 Å². The molecule has 182 valence electrons. The Kier molecular flexibility index (Phi) is 6.93. The Bertz CT molecular complexity index is 1200. The molecule has 1 aromatic heterocycles. The van der Waals surface area contributed by atoms with Crippen molar-refractivity contribution in [3.63, 3.8) is 0 Å². The number of hydrogen-bond donors (Lipinski definition) is 0. The molecule has 0 radical (unpaired) electrons. The van der Waals surface area contributed by atoms with E-state index in [1.165, 1.54) is 22.3 Å². The lowest BCUT2D eigenvalue weighted by atomic mass is 9.78. The highest BCUT2D eigenvalue weighted by Crippen LogP contribution is 2.43. The van der Waals surface area contributed by atoms with E-state index in [1.807, 2.05) is 0 Å².